The van der Waals surface area contributed by atoms with Gasteiger partial charge in [0.2, 0.25) is 0 Å². The van der Waals surface area contributed by atoms with Gasteiger partial charge in [-0.05, 0) is 36.5 Å². The molecule has 3 heteroatoms. The number of nitrogens with two attached hydrogens (primary N) is 1. The lowest BCUT2D eigenvalue weighted by Crippen LogP contribution is -2.27. The molecule has 0 bridgehead atoms. The summed E-state index contributed by atoms with van der Waals surface area (Å²) in [6.45, 7) is 7.77. The van der Waals surface area contributed by atoms with Gasteiger partial charge in [-0.15, -0.1) is 0 Å². The SMILES string of the molecule is CCC(C)CN(C)c1cc(Br)ccc1CC(N)CC. The van der Waals surface area contributed by atoms with Crippen molar-refractivity contribution >= 4 is 21.6 Å². The molecule has 2 N–H and O–H groups in total. The van der Waals surface area contributed by atoms with Gasteiger partial charge in [0.05, 0.1) is 0 Å². The van der Waals surface area contributed by atoms with Crippen LogP contribution in [0.1, 0.15) is 39.2 Å². The van der Waals surface area contributed by atoms with Crippen LogP contribution in [-0.4, -0.2) is 19.6 Å². The van der Waals surface area contributed by atoms with Gasteiger partial charge in [-0.3, -0.25) is 0 Å². The van der Waals surface area contributed by atoms with Crippen molar-refractivity contribution in [3.8, 4) is 0 Å². The number of nitrogens with zero attached hydrogens (tertiary/aromatic N) is 1. The van der Waals surface area contributed by atoms with Crippen LogP contribution in [0.4, 0.5) is 5.69 Å². The minimum Gasteiger partial charge on any atom is -0.374 e. The highest BCUT2D eigenvalue weighted by Crippen LogP contribution is 2.26. The number of anilines is 1. The lowest BCUT2D eigenvalue weighted by Gasteiger charge is -2.26. The smallest absolute Gasteiger partial charge is 0.0408 e. The van der Waals surface area contributed by atoms with Crippen LogP contribution in [0, 0.1) is 5.92 Å². The third-order valence-corrected chi connectivity index (χ3v) is 4.24. The van der Waals surface area contributed by atoms with E-state index in [0.29, 0.717) is 5.92 Å². The summed E-state index contributed by atoms with van der Waals surface area (Å²) in [4.78, 5) is 2.36. The maximum Gasteiger partial charge on any atom is 0.0408 e. The van der Waals surface area contributed by atoms with E-state index in [1.165, 1.54) is 17.7 Å². The Bertz CT molecular complexity index is 392. The summed E-state index contributed by atoms with van der Waals surface area (Å²) in [5.41, 5.74) is 8.76. The molecule has 19 heavy (non-hydrogen) atoms. The van der Waals surface area contributed by atoms with Crippen molar-refractivity contribution in [1.82, 2.24) is 0 Å². The Morgan fingerprint density at radius 2 is 1.95 bits per heavy atom. The maximum atomic E-state index is 6.11. The summed E-state index contributed by atoms with van der Waals surface area (Å²) < 4.78 is 1.13. The molecule has 108 valence electrons. The Morgan fingerprint density at radius 3 is 2.53 bits per heavy atom. The quantitative estimate of drug-likeness (QED) is 0.813. The van der Waals surface area contributed by atoms with E-state index in [4.69, 9.17) is 5.73 Å². The Labute approximate surface area is 126 Å². The zero-order valence-electron chi connectivity index (χ0n) is 12.6. The zero-order chi connectivity index (χ0) is 14.4. The van der Waals surface area contributed by atoms with Crippen molar-refractivity contribution in [2.24, 2.45) is 11.7 Å². The average molecular weight is 327 g/mol. The molecule has 2 nitrogen and oxygen atoms in total. The van der Waals surface area contributed by atoms with Gasteiger partial charge in [0.1, 0.15) is 0 Å². The summed E-state index contributed by atoms with van der Waals surface area (Å²) in [5, 5.41) is 0. The van der Waals surface area contributed by atoms with Crippen molar-refractivity contribution in [1.29, 1.82) is 0 Å². The molecule has 0 aliphatic rings. The van der Waals surface area contributed by atoms with Gasteiger partial charge in [-0.25, -0.2) is 0 Å². The number of hydrogen-bond donors (Lipinski definition) is 1. The molecule has 1 rings (SSSR count). The first-order valence-corrected chi connectivity index (χ1v) is 8.02. The fourth-order valence-electron chi connectivity index (χ4n) is 2.19. The highest BCUT2D eigenvalue weighted by molar-refractivity contribution is 9.10. The molecule has 0 amide bonds. The van der Waals surface area contributed by atoms with Crippen LogP contribution in [0.3, 0.4) is 0 Å². The van der Waals surface area contributed by atoms with E-state index in [9.17, 15) is 0 Å². The van der Waals surface area contributed by atoms with Gasteiger partial charge in [0.25, 0.3) is 0 Å². The predicted octanol–water partition coefficient (Wildman–Crippen LogP) is 4.21. The number of benzene rings is 1. The molecule has 0 aliphatic carbocycles. The van der Waals surface area contributed by atoms with Crippen molar-refractivity contribution < 1.29 is 0 Å². The summed E-state index contributed by atoms with van der Waals surface area (Å²) in [5.74, 6) is 0.705. The zero-order valence-corrected chi connectivity index (χ0v) is 14.2. The van der Waals surface area contributed by atoms with E-state index in [1.807, 2.05) is 0 Å². The third kappa shape index (κ3) is 5.15. The first kappa shape index (κ1) is 16.5. The molecule has 1 aromatic rings. The van der Waals surface area contributed by atoms with Gasteiger partial charge >= 0.3 is 0 Å². The van der Waals surface area contributed by atoms with Gasteiger partial charge in [0, 0.05) is 29.8 Å². The second-order valence-electron chi connectivity index (χ2n) is 5.54. The molecular formula is C16H27BrN2. The Kier molecular flexibility index (Phi) is 6.87. The molecule has 1 aromatic carbocycles. The fraction of sp³-hybridized carbons (Fsp3) is 0.625. The van der Waals surface area contributed by atoms with Crippen LogP contribution in [-0.2, 0) is 6.42 Å². The molecule has 0 fully saturated rings. The van der Waals surface area contributed by atoms with E-state index in [1.54, 1.807) is 0 Å². The molecule has 0 saturated carbocycles. The van der Waals surface area contributed by atoms with Crippen LogP contribution in [0.25, 0.3) is 0 Å². The van der Waals surface area contributed by atoms with Crippen molar-refractivity contribution in [2.45, 2.75) is 46.1 Å². The fourth-order valence-corrected chi connectivity index (χ4v) is 2.54. The molecule has 0 heterocycles. The summed E-state index contributed by atoms with van der Waals surface area (Å²) in [6, 6.07) is 6.76. The minimum absolute atomic E-state index is 0.247. The number of rotatable bonds is 7. The molecular weight excluding hydrogens is 300 g/mol. The number of halogens is 1. The summed E-state index contributed by atoms with van der Waals surface area (Å²) in [7, 11) is 2.18. The van der Waals surface area contributed by atoms with Crippen molar-refractivity contribution in [3.63, 3.8) is 0 Å². The molecule has 0 saturated heterocycles. The molecule has 0 radical (unpaired) electrons. The second kappa shape index (κ2) is 7.91. The normalized spacial score (nSPS) is 14.2. The Morgan fingerprint density at radius 1 is 1.26 bits per heavy atom. The highest BCUT2D eigenvalue weighted by atomic mass is 79.9. The number of hydrogen-bond acceptors (Lipinski definition) is 2. The first-order valence-electron chi connectivity index (χ1n) is 7.23. The van der Waals surface area contributed by atoms with Crippen molar-refractivity contribution in [3.05, 3.63) is 28.2 Å². The van der Waals surface area contributed by atoms with Crippen LogP contribution < -0.4 is 10.6 Å². The standard InChI is InChI=1S/C16H27BrN2/c1-5-12(3)11-19(4)16-10-14(17)8-7-13(16)9-15(18)6-2/h7-8,10,12,15H,5-6,9,11,18H2,1-4H3. The summed E-state index contributed by atoms with van der Waals surface area (Å²) in [6.07, 6.45) is 3.18. The first-order chi connectivity index (χ1) is 8.97. The van der Waals surface area contributed by atoms with Gasteiger partial charge in [-0.1, -0.05) is 49.2 Å². The van der Waals surface area contributed by atoms with E-state index in [0.717, 1.165) is 23.9 Å². The minimum atomic E-state index is 0.247. The lowest BCUT2D eigenvalue weighted by atomic mass is 10.0. The Hall–Kier alpha value is -0.540. The lowest BCUT2D eigenvalue weighted by molar-refractivity contribution is 0.558. The third-order valence-electron chi connectivity index (χ3n) is 3.75. The predicted molar refractivity (Wildman–Crippen MR) is 88.8 cm³/mol. The summed E-state index contributed by atoms with van der Waals surface area (Å²) >= 11 is 3.57. The van der Waals surface area contributed by atoms with Gasteiger partial charge in [0.15, 0.2) is 0 Å². The molecule has 0 aliphatic heterocycles. The molecule has 2 unspecified atom stereocenters. The Balaban J connectivity index is 2.92. The molecule has 0 spiro atoms. The largest absolute Gasteiger partial charge is 0.374 e. The maximum absolute atomic E-state index is 6.11. The average Bonchev–Trinajstić information content (AvgIpc) is 2.40. The molecule has 0 aromatic heterocycles. The van der Waals surface area contributed by atoms with E-state index in [-0.39, 0.29) is 6.04 Å². The highest BCUT2D eigenvalue weighted by Gasteiger charge is 2.12. The van der Waals surface area contributed by atoms with E-state index >= 15 is 0 Å². The van der Waals surface area contributed by atoms with Crippen LogP contribution in [0.15, 0.2) is 22.7 Å². The molecule has 2 atom stereocenters. The second-order valence-corrected chi connectivity index (χ2v) is 6.46. The van der Waals surface area contributed by atoms with Gasteiger partial charge < -0.3 is 10.6 Å². The van der Waals surface area contributed by atoms with E-state index < -0.39 is 0 Å². The topological polar surface area (TPSA) is 29.3 Å². The van der Waals surface area contributed by atoms with Gasteiger partial charge in [-0.2, -0.15) is 0 Å². The van der Waals surface area contributed by atoms with Crippen molar-refractivity contribution in [2.75, 3.05) is 18.5 Å². The van der Waals surface area contributed by atoms with E-state index in [2.05, 4.69) is 66.8 Å². The monoisotopic (exact) mass is 326 g/mol. The van der Waals surface area contributed by atoms with Crippen LogP contribution in [0.2, 0.25) is 0 Å². The van der Waals surface area contributed by atoms with Crippen LogP contribution >= 0.6 is 15.9 Å². The van der Waals surface area contributed by atoms with Crippen LogP contribution in [0.5, 0.6) is 0 Å².